The molecule has 26 heavy (non-hydrogen) atoms. The minimum absolute atomic E-state index is 0.123. The Morgan fingerprint density at radius 3 is 2.62 bits per heavy atom. The number of likely N-dealkylation sites (tertiary alicyclic amines) is 1. The van der Waals surface area contributed by atoms with E-state index in [9.17, 15) is 14.3 Å². The zero-order valence-corrected chi connectivity index (χ0v) is 16.1. The number of rotatable bonds is 7. The van der Waals surface area contributed by atoms with Gasteiger partial charge in [0.15, 0.2) is 0 Å². The Hall–Kier alpha value is -1.66. The zero-order chi connectivity index (χ0) is 19.2. The van der Waals surface area contributed by atoms with Crippen LogP contribution in [0.3, 0.4) is 0 Å². The van der Waals surface area contributed by atoms with Crippen LogP contribution in [-0.2, 0) is 11.2 Å². The Labute approximate surface area is 155 Å². The molecule has 6 heteroatoms. The van der Waals surface area contributed by atoms with Gasteiger partial charge >= 0.3 is 6.03 Å². The first-order valence-electron chi connectivity index (χ1n) is 9.31. The molecule has 0 atom stereocenters. The number of carbonyl (C=O) groups is 1. The molecule has 1 aromatic carbocycles. The van der Waals surface area contributed by atoms with Crippen LogP contribution < -0.4 is 5.32 Å². The summed E-state index contributed by atoms with van der Waals surface area (Å²) >= 11 is 0. The van der Waals surface area contributed by atoms with E-state index in [2.05, 4.69) is 5.32 Å². The third-order valence-corrected chi connectivity index (χ3v) is 4.87. The summed E-state index contributed by atoms with van der Waals surface area (Å²) in [6, 6.07) is 6.40. The number of benzene rings is 1. The Morgan fingerprint density at radius 2 is 2.00 bits per heavy atom. The number of urea groups is 1. The molecule has 0 unspecified atom stereocenters. The quantitative estimate of drug-likeness (QED) is 0.780. The minimum atomic E-state index is -0.965. The van der Waals surface area contributed by atoms with Gasteiger partial charge in [-0.25, -0.2) is 9.18 Å². The summed E-state index contributed by atoms with van der Waals surface area (Å²) in [5, 5.41) is 13.7. The number of halogens is 1. The highest BCUT2D eigenvalue weighted by Crippen LogP contribution is 2.27. The molecule has 5 nitrogen and oxygen atoms in total. The average molecular weight is 366 g/mol. The number of carbonyl (C=O) groups excluding carboxylic acids is 1. The standard InChI is InChI=1S/C20H31FN2O3/c1-4-26-15-19(2,3)14-22-18(24)23-11-9-20(25,10-12-23)13-16-7-5-6-8-17(16)21/h5-8,25H,4,9-15H2,1-3H3,(H,22,24). The van der Waals surface area contributed by atoms with E-state index in [1.165, 1.54) is 6.07 Å². The van der Waals surface area contributed by atoms with Gasteiger partial charge in [0, 0.05) is 38.1 Å². The number of hydrogen-bond acceptors (Lipinski definition) is 3. The van der Waals surface area contributed by atoms with Gasteiger partial charge in [-0.05, 0) is 31.4 Å². The second kappa shape index (κ2) is 8.82. The van der Waals surface area contributed by atoms with Crippen molar-refractivity contribution in [3.8, 4) is 0 Å². The van der Waals surface area contributed by atoms with E-state index in [0.717, 1.165) is 0 Å². The molecule has 0 aromatic heterocycles. The van der Waals surface area contributed by atoms with Crippen molar-refractivity contribution in [3.05, 3.63) is 35.6 Å². The number of piperidine rings is 1. The molecule has 2 N–H and O–H groups in total. The number of nitrogens with one attached hydrogen (secondary N) is 1. The minimum Gasteiger partial charge on any atom is -0.389 e. The van der Waals surface area contributed by atoms with E-state index in [-0.39, 0.29) is 23.7 Å². The lowest BCUT2D eigenvalue weighted by Crippen LogP contribution is -2.52. The molecule has 2 rings (SSSR count). The van der Waals surface area contributed by atoms with Gasteiger partial charge < -0.3 is 20.1 Å². The average Bonchev–Trinajstić information content (AvgIpc) is 2.61. The summed E-state index contributed by atoms with van der Waals surface area (Å²) in [6.07, 6.45) is 1.16. The van der Waals surface area contributed by atoms with Gasteiger partial charge in [-0.2, -0.15) is 0 Å². The molecule has 1 fully saturated rings. The molecule has 0 aliphatic carbocycles. The Bertz CT molecular complexity index is 598. The van der Waals surface area contributed by atoms with Crippen LogP contribution in [-0.4, -0.2) is 54.5 Å². The lowest BCUT2D eigenvalue weighted by Gasteiger charge is -2.38. The van der Waals surface area contributed by atoms with Crippen LogP contribution in [0.2, 0.25) is 0 Å². The van der Waals surface area contributed by atoms with Crippen molar-refractivity contribution in [1.82, 2.24) is 10.2 Å². The Morgan fingerprint density at radius 1 is 1.35 bits per heavy atom. The molecule has 0 radical (unpaired) electrons. The van der Waals surface area contributed by atoms with Gasteiger partial charge in [-0.3, -0.25) is 0 Å². The number of nitrogens with zero attached hydrogens (tertiary/aromatic N) is 1. The van der Waals surface area contributed by atoms with Crippen LogP contribution in [0.25, 0.3) is 0 Å². The van der Waals surface area contributed by atoms with Gasteiger partial charge in [0.2, 0.25) is 0 Å². The summed E-state index contributed by atoms with van der Waals surface area (Å²) in [7, 11) is 0. The zero-order valence-electron chi connectivity index (χ0n) is 16.1. The lowest BCUT2D eigenvalue weighted by atomic mass is 9.85. The van der Waals surface area contributed by atoms with Crippen molar-refractivity contribution < 1.29 is 19.0 Å². The summed E-state index contributed by atoms with van der Waals surface area (Å²) < 4.78 is 19.3. The van der Waals surface area contributed by atoms with E-state index >= 15 is 0 Å². The highest BCUT2D eigenvalue weighted by atomic mass is 19.1. The third-order valence-electron chi connectivity index (χ3n) is 4.87. The van der Waals surface area contributed by atoms with E-state index in [0.29, 0.717) is 51.3 Å². The first-order valence-corrected chi connectivity index (χ1v) is 9.31. The molecular formula is C20H31FN2O3. The van der Waals surface area contributed by atoms with E-state index in [4.69, 9.17) is 4.74 Å². The number of hydrogen-bond donors (Lipinski definition) is 2. The molecule has 2 amide bonds. The summed E-state index contributed by atoms with van der Waals surface area (Å²) in [6.45, 7) is 8.74. The molecule has 1 saturated heterocycles. The fourth-order valence-electron chi connectivity index (χ4n) is 3.16. The van der Waals surface area contributed by atoms with Crippen LogP contribution in [0.4, 0.5) is 9.18 Å². The third kappa shape index (κ3) is 5.95. The van der Waals surface area contributed by atoms with E-state index in [1.807, 2.05) is 20.8 Å². The SMILES string of the molecule is CCOCC(C)(C)CNC(=O)N1CCC(O)(Cc2ccccc2F)CC1. The van der Waals surface area contributed by atoms with E-state index < -0.39 is 5.60 Å². The molecule has 1 aromatic rings. The van der Waals surface area contributed by atoms with Gasteiger partial charge in [-0.15, -0.1) is 0 Å². The highest BCUT2D eigenvalue weighted by Gasteiger charge is 2.35. The second-order valence-electron chi connectivity index (χ2n) is 7.94. The van der Waals surface area contributed by atoms with Gasteiger partial charge in [0.05, 0.1) is 12.2 Å². The normalized spacial score (nSPS) is 17.2. The maximum atomic E-state index is 13.8. The number of amides is 2. The van der Waals surface area contributed by atoms with Crippen molar-refractivity contribution in [2.45, 2.75) is 45.6 Å². The summed E-state index contributed by atoms with van der Waals surface area (Å²) in [5.41, 5.74) is -0.578. The molecule has 0 bridgehead atoms. The molecule has 1 aliphatic heterocycles. The maximum Gasteiger partial charge on any atom is 0.317 e. The van der Waals surface area contributed by atoms with Crippen molar-refractivity contribution in [2.24, 2.45) is 5.41 Å². The van der Waals surface area contributed by atoms with Crippen molar-refractivity contribution in [2.75, 3.05) is 32.8 Å². The highest BCUT2D eigenvalue weighted by molar-refractivity contribution is 5.74. The fourth-order valence-corrected chi connectivity index (χ4v) is 3.16. The Balaban J connectivity index is 1.81. The van der Waals surface area contributed by atoms with Crippen molar-refractivity contribution in [3.63, 3.8) is 0 Å². The number of aliphatic hydroxyl groups is 1. The molecule has 1 heterocycles. The second-order valence-corrected chi connectivity index (χ2v) is 7.94. The van der Waals surface area contributed by atoms with Crippen molar-refractivity contribution in [1.29, 1.82) is 0 Å². The van der Waals surface area contributed by atoms with Crippen LogP contribution in [0.1, 0.15) is 39.2 Å². The molecule has 0 spiro atoms. The van der Waals surface area contributed by atoms with Gasteiger partial charge in [-0.1, -0.05) is 32.0 Å². The number of ether oxygens (including phenoxy) is 1. The molecular weight excluding hydrogens is 335 g/mol. The predicted octanol–water partition coefficient (Wildman–Crippen LogP) is 2.97. The van der Waals surface area contributed by atoms with Crippen molar-refractivity contribution >= 4 is 6.03 Å². The summed E-state index contributed by atoms with van der Waals surface area (Å²) in [5.74, 6) is -0.294. The van der Waals surface area contributed by atoms with Crippen LogP contribution in [0, 0.1) is 11.2 Å². The maximum absolute atomic E-state index is 13.8. The monoisotopic (exact) mass is 366 g/mol. The van der Waals surface area contributed by atoms with Crippen LogP contribution in [0.15, 0.2) is 24.3 Å². The Kier molecular flexibility index (Phi) is 7.01. The van der Waals surface area contributed by atoms with Crippen LogP contribution in [0.5, 0.6) is 0 Å². The van der Waals surface area contributed by atoms with Gasteiger partial charge in [0.25, 0.3) is 0 Å². The van der Waals surface area contributed by atoms with Gasteiger partial charge in [0.1, 0.15) is 5.82 Å². The lowest BCUT2D eigenvalue weighted by molar-refractivity contribution is -0.0125. The van der Waals surface area contributed by atoms with E-state index in [1.54, 1.807) is 23.1 Å². The van der Waals surface area contributed by atoms with Crippen LogP contribution >= 0.6 is 0 Å². The largest absolute Gasteiger partial charge is 0.389 e. The molecule has 146 valence electrons. The smallest absolute Gasteiger partial charge is 0.317 e. The summed E-state index contributed by atoms with van der Waals surface area (Å²) in [4.78, 5) is 14.1. The topological polar surface area (TPSA) is 61.8 Å². The fraction of sp³-hybridized carbons (Fsp3) is 0.650. The molecule has 0 saturated carbocycles. The molecule has 1 aliphatic rings. The first kappa shape index (κ1) is 20.6. The first-order chi connectivity index (χ1) is 12.2. The predicted molar refractivity (Wildman–Crippen MR) is 99.5 cm³/mol.